The minimum absolute atomic E-state index is 0.0411. The van der Waals surface area contributed by atoms with Gasteiger partial charge in [0.05, 0.1) is 0 Å². The Bertz CT molecular complexity index is 1090. The summed E-state index contributed by atoms with van der Waals surface area (Å²) in [5.74, 6) is 0.859. The first-order valence-electron chi connectivity index (χ1n) is 11.3. The number of pyridine rings is 1. The molecule has 158 valence electrons. The van der Waals surface area contributed by atoms with Crippen molar-refractivity contribution in [3.8, 4) is 0 Å². The molecular formula is C29H32N2. The molecule has 1 N–H and O–H groups in total. The quantitative estimate of drug-likeness (QED) is 0.408. The zero-order valence-electron chi connectivity index (χ0n) is 18.7. The van der Waals surface area contributed by atoms with Gasteiger partial charge in [-0.1, -0.05) is 81.6 Å². The molecule has 1 aliphatic carbocycles. The van der Waals surface area contributed by atoms with Crippen LogP contribution in [-0.2, 0) is 24.7 Å². The van der Waals surface area contributed by atoms with Crippen LogP contribution in [0.2, 0.25) is 0 Å². The van der Waals surface area contributed by atoms with Crippen molar-refractivity contribution in [2.75, 3.05) is 5.32 Å². The summed E-state index contributed by atoms with van der Waals surface area (Å²) in [6.07, 6.45) is 9.17. The molecule has 0 aliphatic heterocycles. The number of aryl methyl sites for hydroxylation is 2. The molecule has 1 saturated carbocycles. The van der Waals surface area contributed by atoms with Crippen molar-refractivity contribution in [2.45, 2.75) is 51.4 Å². The maximum absolute atomic E-state index is 4.67. The van der Waals surface area contributed by atoms with Crippen LogP contribution < -0.4 is 5.32 Å². The molecule has 0 bridgehead atoms. The lowest BCUT2D eigenvalue weighted by atomic mass is 9.89. The van der Waals surface area contributed by atoms with Gasteiger partial charge in [-0.15, -0.1) is 0 Å². The summed E-state index contributed by atoms with van der Waals surface area (Å²) in [5, 5.41) is 3.50. The SMILES string of the molecule is C=Cc1ccccc1Cc1ccc(NC(=C)C2(c3ccc(CC)c(CC)c3)CC2)nc1. The van der Waals surface area contributed by atoms with E-state index in [4.69, 9.17) is 0 Å². The van der Waals surface area contributed by atoms with Crippen molar-refractivity contribution in [3.63, 3.8) is 0 Å². The van der Waals surface area contributed by atoms with Crippen molar-refractivity contribution in [1.29, 1.82) is 0 Å². The Morgan fingerprint density at radius 1 is 1.00 bits per heavy atom. The van der Waals surface area contributed by atoms with Crippen LogP contribution in [0, 0.1) is 0 Å². The Morgan fingerprint density at radius 3 is 2.42 bits per heavy atom. The highest BCUT2D eigenvalue weighted by Crippen LogP contribution is 2.53. The second-order valence-corrected chi connectivity index (χ2v) is 8.51. The maximum Gasteiger partial charge on any atom is 0.130 e. The van der Waals surface area contributed by atoms with E-state index < -0.39 is 0 Å². The first kappa shape index (κ1) is 21.1. The predicted molar refractivity (Wildman–Crippen MR) is 132 cm³/mol. The van der Waals surface area contributed by atoms with Crippen LogP contribution >= 0.6 is 0 Å². The van der Waals surface area contributed by atoms with Crippen molar-refractivity contribution in [1.82, 2.24) is 4.98 Å². The number of allylic oxidation sites excluding steroid dienone is 1. The number of rotatable bonds is 9. The van der Waals surface area contributed by atoms with E-state index in [1.807, 2.05) is 18.3 Å². The molecule has 1 aromatic heterocycles. The number of hydrogen-bond acceptors (Lipinski definition) is 2. The van der Waals surface area contributed by atoms with Gasteiger partial charge in [0.2, 0.25) is 0 Å². The number of hydrogen-bond donors (Lipinski definition) is 1. The summed E-state index contributed by atoms with van der Waals surface area (Å²) in [5.41, 5.74) is 9.02. The van der Waals surface area contributed by atoms with Gasteiger partial charge in [0.1, 0.15) is 5.82 Å². The minimum Gasteiger partial charge on any atom is -0.343 e. The van der Waals surface area contributed by atoms with Gasteiger partial charge in [-0.2, -0.15) is 0 Å². The standard InChI is InChI=1S/C29H32N2/c1-5-23-10-8-9-11-26(23)18-22-12-15-28(30-20-22)31-21(4)29(16-17-29)27-14-13-24(6-2)25(7-3)19-27/h5,8-15,19-20H,1,4,6-7,16-18H2,2-3H3,(H,30,31). The van der Waals surface area contributed by atoms with Crippen LogP contribution in [0.3, 0.4) is 0 Å². The van der Waals surface area contributed by atoms with Crippen molar-refractivity contribution >= 4 is 11.9 Å². The van der Waals surface area contributed by atoms with E-state index in [1.54, 1.807) is 0 Å². The molecule has 2 heteroatoms. The lowest BCUT2D eigenvalue weighted by Gasteiger charge is -2.22. The Labute approximate surface area is 186 Å². The third kappa shape index (κ3) is 4.34. The molecule has 0 radical (unpaired) electrons. The molecule has 3 aromatic rings. The van der Waals surface area contributed by atoms with Gasteiger partial charge in [-0.3, -0.25) is 0 Å². The summed E-state index contributed by atoms with van der Waals surface area (Å²) in [6.45, 7) is 12.8. The fourth-order valence-electron chi connectivity index (χ4n) is 4.48. The second kappa shape index (κ2) is 8.93. The summed E-state index contributed by atoms with van der Waals surface area (Å²) < 4.78 is 0. The predicted octanol–water partition coefficient (Wildman–Crippen LogP) is 7.10. The molecule has 0 saturated heterocycles. The van der Waals surface area contributed by atoms with E-state index in [2.05, 4.69) is 85.8 Å². The molecule has 2 nitrogen and oxygen atoms in total. The van der Waals surface area contributed by atoms with E-state index in [-0.39, 0.29) is 5.41 Å². The summed E-state index contributed by atoms with van der Waals surface area (Å²) >= 11 is 0. The van der Waals surface area contributed by atoms with Crippen molar-refractivity contribution in [3.05, 3.63) is 113 Å². The molecule has 0 atom stereocenters. The highest BCUT2D eigenvalue weighted by molar-refractivity contribution is 5.54. The Balaban J connectivity index is 1.47. The number of nitrogens with zero attached hydrogens (tertiary/aromatic N) is 1. The molecule has 0 amide bonds. The van der Waals surface area contributed by atoms with E-state index in [1.165, 1.54) is 33.4 Å². The number of nitrogens with one attached hydrogen (secondary N) is 1. The average Bonchev–Trinajstić information content (AvgIpc) is 3.62. The van der Waals surface area contributed by atoms with Gasteiger partial charge in [0, 0.05) is 17.3 Å². The third-order valence-electron chi connectivity index (χ3n) is 6.62. The maximum atomic E-state index is 4.67. The van der Waals surface area contributed by atoms with Gasteiger partial charge in [-0.05, 0) is 71.6 Å². The van der Waals surface area contributed by atoms with Crippen LogP contribution in [-0.4, -0.2) is 4.98 Å². The van der Waals surface area contributed by atoms with Crippen molar-refractivity contribution in [2.24, 2.45) is 0 Å². The van der Waals surface area contributed by atoms with Gasteiger partial charge in [0.15, 0.2) is 0 Å². The molecule has 0 unspecified atom stereocenters. The van der Waals surface area contributed by atoms with Crippen LogP contribution in [0.15, 0.2) is 79.6 Å². The Morgan fingerprint density at radius 2 is 1.77 bits per heavy atom. The van der Waals surface area contributed by atoms with Crippen LogP contribution in [0.1, 0.15) is 60.1 Å². The lowest BCUT2D eigenvalue weighted by molar-refractivity contribution is 0.821. The molecule has 1 aliphatic rings. The molecule has 4 rings (SSSR count). The van der Waals surface area contributed by atoms with Gasteiger partial charge in [0.25, 0.3) is 0 Å². The average molecular weight is 409 g/mol. The van der Waals surface area contributed by atoms with Gasteiger partial charge < -0.3 is 5.32 Å². The van der Waals surface area contributed by atoms with E-state index in [9.17, 15) is 0 Å². The molecule has 0 spiro atoms. The molecule has 1 heterocycles. The number of anilines is 1. The first-order valence-corrected chi connectivity index (χ1v) is 11.3. The zero-order chi connectivity index (χ0) is 21.8. The van der Waals surface area contributed by atoms with E-state index in [0.29, 0.717) is 0 Å². The molecule has 1 fully saturated rings. The monoisotopic (exact) mass is 408 g/mol. The topological polar surface area (TPSA) is 24.9 Å². The minimum atomic E-state index is 0.0411. The summed E-state index contributed by atoms with van der Waals surface area (Å²) in [6, 6.07) is 19.6. The molecule has 31 heavy (non-hydrogen) atoms. The Kier molecular flexibility index (Phi) is 6.08. The smallest absolute Gasteiger partial charge is 0.130 e. The third-order valence-corrected chi connectivity index (χ3v) is 6.62. The Hall–Kier alpha value is -3.13. The highest BCUT2D eigenvalue weighted by Gasteiger charge is 2.47. The van der Waals surface area contributed by atoms with Gasteiger partial charge >= 0.3 is 0 Å². The fraction of sp³-hybridized carbons (Fsp3) is 0.276. The first-order chi connectivity index (χ1) is 15.1. The van der Waals surface area contributed by atoms with Crippen LogP contribution in [0.25, 0.3) is 6.08 Å². The molecular weight excluding hydrogens is 376 g/mol. The fourth-order valence-corrected chi connectivity index (χ4v) is 4.48. The normalized spacial score (nSPS) is 14.1. The number of benzene rings is 2. The van der Waals surface area contributed by atoms with Crippen LogP contribution in [0.4, 0.5) is 5.82 Å². The second-order valence-electron chi connectivity index (χ2n) is 8.51. The molecule has 2 aromatic carbocycles. The van der Waals surface area contributed by atoms with E-state index in [0.717, 1.165) is 43.6 Å². The van der Waals surface area contributed by atoms with Gasteiger partial charge in [-0.25, -0.2) is 4.98 Å². The van der Waals surface area contributed by atoms with Crippen LogP contribution in [0.5, 0.6) is 0 Å². The number of aromatic nitrogens is 1. The lowest BCUT2D eigenvalue weighted by Crippen LogP contribution is -2.17. The van der Waals surface area contributed by atoms with E-state index >= 15 is 0 Å². The summed E-state index contributed by atoms with van der Waals surface area (Å²) in [4.78, 5) is 4.67. The summed E-state index contributed by atoms with van der Waals surface area (Å²) in [7, 11) is 0. The highest BCUT2D eigenvalue weighted by atomic mass is 15.0. The van der Waals surface area contributed by atoms with Crippen molar-refractivity contribution < 1.29 is 0 Å². The zero-order valence-corrected chi connectivity index (χ0v) is 18.7. The largest absolute Gasteiger partial charge is 0.343 e.